The molecule has 0 saturated heterocycles. The third-order valence-electron chi connectivity index (χ3n) is 3.70. The standard InChI is InChI=1S/C16H20F3N/c1-2-20-15(13-5-3-4-6-13)11-12-7-9-14(10-8-12)16(17,18)19/h5,7-10,15,20H,2-4,6,11H2,1H3. The van der Waals surface area contributed by atoms with E-state index in [2.05, 4.69) is 18.3 Å². The van der Waals surface area contributed by atoms with Gasteiger partial charge in [-0.25, -0.2) is 0 Å². The van der Waals surface area contributed by atoms with Crippen LogP contribution in [-0.2, 0) is 12.6 Å². The Kier molecular flexibility index (Phi) is 4.86. The van der Waals surface area contributed by atoms with Crippen molar-refractivity contribution < 1.29 is 13.2 Å². The summed E-state index contributed by atoms with van der Waals surface area (Å²) in [6.45, 7) is 2.91. The average Bonchev–Trinajstić information content (AvgIpc) is 2.91. The maximum Gasteiger partial charge on any atom is 0.416 e. The molecule has 1 atom stereocenters. The molecule has 0 fully saturated rings. The second kappa shape index (κ2) is 6.44. The molecule has 1 aliphatic carbocycles. The first-order valence-electron chi connectivity index (χ1n) is 7.09. The van der Waals surface area contributed by atoms with Crippen molar-refractivity contribution in [2.24, 2.45) is 0 Å². The Bertz CT molecular complexity index is 460. The maximum absolute atomic E-state index is 12.5. The molecule has 2 rings (SSSR count). The summed E-state index contributed by atoms with van der Waals surface area (Å²) < 4.78 is 37.6. The van der Waals surface area contributed by atoms with Gasteiger partial charge in [0.1, 0.15) is 0 Å². The van der Waals surface area contributed by atoms with Crippen LogP contribution in [0.25, 0.3) is 0 Å². The van der Waals surface area contributed by atoms with Crippen LogP contribution in [0.15, 0.2) is 35.9 Å². The largest absolute Gasteiger partial charge is 0.416 e. The molecule has 0 radical (unpaired) electrons. The van der Waals surface area contributed by atoms with E-state index in [9.17, 15) is 13.2 Å². The van der Waals surface area contributed by atoms with E-state index in [-0.39, 0.29) is 6.04 Å². The maximum atomic E-state index is 12.5. The fourth-order valence-corrected chi connectivity index (χ4v) is 2.66. The summed E-state index contributed by atoms with van der Waals surface area (Å²) in [6, 6.07) is 5.76. The van der Waals surface area contributed by atoms with E-state index in [1.165, 1.54) is 24.1 Å². The van der Waals surface area contributed by atoms with Gasteiger partial charge in [-0.15, -0.1) is 0 Å². The summed E-state index contributed by atoms with van der Waals surface area (Å²) in [5.41, 5.74) is 1.75. The lowest BCUT2D eigenvalue weighted by Gasteiger charge is -2.20. The average molecular weight is 283 g/mol. The molecule has 0 heterocycles. The molecule has 1 N–H and O–H groups in total. The van der Waals surface area contributed by atoms with E-state index in [1.54, 1.807) is 12.1 Å². The molecule has 20 heavy (non-hydrogen) atoms. The van der Waals surface area contributed by atoms with E-state index in [0.717, 1.165) is 31.4 Å². The molecule has 1 aromatic carbocycles. The van der Waals surface area contributed by atoms with Crippen molar-refractivity contribution in [1.29, 1.82) is 0 Å². The predicted octanol–water partition coefficient (Wildman–Crippen LogP) is 4.34. The van der Waals surface area contributed by atoms with E-state index >= 15 is 0 Å². The number of allylic oxidation sites excluding steroid dienone is 1. The number of benzene rings is 1. The molecule has 4 heteroatoms. The summed E-state index contributed by atoms with van der Waals surface area (Å²) in [5.74, 6) is 0. The number of hydrogen-bond donors (Lipinski definition) is 1. The minimum absolute atomic E-state index is 0.249. The highest BCUT2D eigenvalue weighted by molar-refractivity contribution is 5.27. The Labute approximate surface area is 117 Å². The first-order valence-corrected chi connectivity index (χ1v) is 7.09. The van der Waals surface area contributed by atoms with Gasteiger partial charge in [0, 0.05) is 6.04 Å². The Hall–Kier alpha value is -1.29. The molecule has 0 aromatic heterocycles. The number of nitrogens with one attached hydrogen (secondary N) is 1. The fraction of sp³-hybridized carbons (Fsp3) is 0.500. The Balaban J connectivity index is 2.07. The van der Waals surface area contributed by atoms with Crippen LogP contribution in [0.5, 0.6) is 0 Å². The second-order valence-electron chi connectivity index (χ2n) is 5.18. The molecule has 0 saturated carbocycles. The summed E-state index contributed by atoms with van der Waals surface area (Å²) in [7, 11) is 0. The zero-order chi connectivity index (χ0) is 14.6. The molecule has 1 unspecified atom stereocenters. The summed E-state index contributed by atoms with van der Waals surface area (Å²) in [6.07, 6.45) is 2.15. The molecular formula is C16H20F3N. The molecule has 0 amide bonds. The van der Waals surface area contributed by atoms with Crippen LogP contribution in [0.4, 0.5) is 13.2 Å². The zero-order valence-electron chi connectivity index (χ0n) is 11.6. The number of hydrogen-bond acceptors (Lipinski definition) is 1. The lowest BCUT2D eigenvalue weighted by atomic mass is 9.97. The quantitative estimate of drug-likeness (QED) is 0.793. The molecule has 110 valence electrons. The van der Waals surface area contributed by atoms with Gasteiger partial charge in [-0.1, -0.05) is 30.7 Å². The Morgan fingerprint density at radius 1 is 1.20 bits per heavy atom. The van der Waals surface area contributed by atoms with Crippen molar-refractivity contribution in [2.45, 2.75) is 44.8 Å². The summed E-state index contributed by atoms with van der Waals surface area (Å²) in [5, 5.41) is 3.43. The van der Waals surface area contributed by atoms with Gasteiger partial charge in [0.2, 0.25) is 0 Å². The highest BCUT2D eigenvalue weighted by atomic mass is 19.4. The fourth-order valence-electron chi connectivity index (χ4n) is 2.66. The number of rotatable bonds is 5. The first-order chi connectivity index (χ1) is 9.50. The van der Waals surface area contributed by atoms with Crippen LogP contribution in [-0.4, -0.2) is 12.6 Å². The Morgan fingerprint density at radius 2 is 1.90 bits per heavy atom. The predicted molar refractivity (Wildman–Crippen MR) is 74.5 cm³/mol. The van der Waals surface area contributed by atoms with Crippen molar-refractivity contribution in [3.63, 3.8) is 0 Å². The van der Waals surface area contributed by atoms with Crippen molar-refractivity contribution in [1.82, 2.24) is 5.32 Å². The molecule has 1 aliphatic rings. The van der Waals surface area contributed by atoms with Gasteiger partial charge < -0.3 is 5.32 Å². The number of alkyl halides is 3. The van der Waals surface area contributed by atoms with Crippen molar-refractivity contribution in [3.8, 4) is 0 Å². The molecule has 0 aliphatic heterocycles. The van der Waals surface area contributed by atoms with E-state index in [4.69, 9.17) is 0 Å². The highest BCUT2D eigenvalue weighted by Crippen LogP contribution is 2.29. The van der Waals surface area contributed by atoms with Crippen LogP contribution in [0, 0.1) is 0 Å². The van der Waals surface area contributed by atoms with Gasteiger partial charge in [-0.2, -0.15) is 13.2 Å². The van der Waals surface area contributed by atoms with Crippen LogP contribution in [0.2, 0.25) is 0 Å². The van der Waals surface area contributed by atoms with Gasteiger partial charge >= 0.3 is 6.18 Å². The molecular weight excluding hydrogens is 263 g/mol. The smallest absolute Gasteiger partial charge is 0.310 e. The monoisotopic (exact) mass is 283 g/mol. The van der Waals surface area contributed by atoms with Crippen molar-refractivity contribution >= 4 is 0 Å². The van der Waals surface area contributed by atoms with Crippen LogP contribution in [0.3, 0.4) is 0 Å². The van der Waals surface area contributed by atoms with E-state index in [1.807, 2.05) is 0 Å². The number of halogens is 3. The van der Waals surface area contributed by atoms with Gasteiger partial charge in [0.15, 0.2) is 0 Å². The normalized spacial score (nSPS) is 17.1. The minimum Gasteiger partial charge on any atom is -0.310 e. The minimum atomic E-state index is -4.26. The van der Waals surface area contributed by atoms with E-state index in [0.29, 0.717) is 0 Å². The summed E-state index contributed by atoms with van der Waals surface area (Å²) >= 11 is 0. The lowest BCUT2D eigenvalue weighted by molar-refractivity contribution is -0.137. The molecule has 0 spiro atoms. The van der Waals surface area contributed by atoms with Gasteiger partial charge in [-0.3, -0.25) is 0 Å². The SMILES string of the molecule is CCNC(Cc1ccc(C(F)(F)F)cc1)C1=CCCC1. The van der Waals surface area contributed by atoms with Gasteiger partial charge in [0.25, 0.3) is 0 Å². The van der Waals surface area contributed by atoms with Gasteiger partial charge in [-0.05, 0) is 49.9 Å². The third-order valence-corrected chi connectivity index (χ3v) is 3.70. The topological polar surface area (TPSA) is 12.0 Å². The number of likely N-dealkylation sites (N-methyl/N-ethyl adjacent to an activating group) is 1. The highest BCUT2D eigenvalue weighted by Gasteiger charge is 2.30. The molecule has 1 aromatic rings. The van der Waals surface area contributed by atoms with Crippen molar-refractivity contribution in [3.05, 3.63) is 47.0 Å². The van der Waals surface area contributed by atoms with E-state index < -0.39 is 11.7 Å². The molecule has 1 nitrogen and oxygen atoms in total. The van der Waals surface area contributed by atoms with Crippen LogP contribution in [0.1, 0.15) is 37.3 Å². The van der Waals surface area contributed by atoms with Crippen LogP contribution < -0.4 is 5.32 Å². The second-order valence-corrected chi connectivity index (χ2v) is 5.18. The zero-order valence-corrected chi connectivity index (χ0v) is 11.6. The Morgan fingerprint density at radius 3 is 2.40 bits per heavy atom. The van der Waals surface area contributed by atoms with Gasteiger partial charge in [0.05, 0.1) is 5.56 Å². The van der Waals surface area contributed by atoms with Crippen LogP contribution >= 0.6 is 0 Å². The lowest BCUT2D eigenvalue weighted by Crippen LogP contribution is -2.32. The van der Waals surface area contributed by atoms with Crippen molar-refractivity contribution in [2.75, 3.05) is 6.54 Å². The summed E-state index contributed by atoms with van der Waals surface area (Å²) in [4.78, 5) is 0. The first kappa shape index (κ1) is 15.1. The third kappa shape index (κ3) is 3.85. The molecule has 0 bridgehead atoms.